The lowest BCUT2D eigenvalue weighted by molar-refractivity contribution is 0.357. The van der Waals surface area contributed by atoms with Crippen molar-refractivity contribution < 1.29 is 8.95 Å². The van der Waals surface area contributed by atoms with Gasteiger partial charge in [0.25, 0.3) is 0 Å². The zero-order valence-corrected chi connectivity index (χ0v) is 18.2. The van der Waals surface area contributed by atoms with Gasteiger partial charge in [-0.25, -0.2) is 4.21 Å². The Balaban J connectivity index is 2.00. The molecule has 7 heteroatoms. The summed E-state index contributed by atoms with van der Waals surface area (Å²) in [4.78, 5) is 5.35. The summed E-state index contributed by atoms with van der Waals surface area (Å²) in [5, 5.41) is 10.4. The molecule has 5 nitrogen and oxygen atoms in total. The number of halogens is 1. The summed E-state index contributed by atoms with van der Waals surface area (Å²) in [5.41, 5.74) is 8.54. The van der Waals surface area contributed by atoms with Crippen LogP contribution in [0.4, 0.5) is 0 Å². The van der Waals surface area contributed by atoms with Crippen LogP contribution >= 0.6 is 11.6 Å². The van der Waals surface area contributed by atoms with Gasteiger partial charge >= 0.3 is 0 Å². The first-order valence-electron chi connectivity index (χ1n) is 9.46. The van der Waals surface area contributed by atoms with E-state index in [1.54, 1.807) is 54.7 Å². The fourth-order valence-electron chi connectivity index (χ4n) is 3.40. The quantitative estimate of drug-likeness (QED) is 0.606. The highest BCUT2D eigenvalue weighted by molar-refractivity contribution is 7.89. The Labute approximate surface area is 187 Å². The Morgan fingerprint density at radius 3 is 2.55 bits per heavy atom. The minimum absolute atomic E-state index is 0.0437. The van der Waals surface area contributed by atoms with E-state index in [1.165, 1.54) is 0 Å². The fraction of sp³-hybridized carbons (Fsp3) is 0.0833. The van der Waals surface area contributed by atoms with Crippen LogP contribution in [-0.2, 0) is 15.5 Å². The van der Waals surface area contributed by atoms with Gasteiger partial charge in [0.05, 0.1) is 21.6 Å². The molecule has 0 radical (unpaired) electrons. The van der Waals surface area contributed by atoms with Crippen molar-refractivity contribution >= 4 is 28.2 Å². The van der Waals surface area contributed by atoms with Gasteiger partial charge in [0, 0.05) is 16.1 Å². The van der Waals surface area contributed by atoms with E-state index in [2.05, 4.69) is 11.1 Å². The van der Waals surface area contributed by atoms with Gasteiger partial charge < -0.3 is 10.5 Å². The molecule has 2 heterocycles. The maximum atomic E-state index is 13.9. The normalized spacial score (nSPS) is 17.1. The monoisotopic (exact) mass is 447 g/mol. The molecule has 0 spiro atoms. The molecule has 2 N–H and O–H groups in total. The molecule has 1 aliphatic rings. The fourth-order valence-corrected chi connectivity index (χ4v) is 5.02. The van der Waals surface area contributed by atoms with Gasteiger partial charge in [-0.1, -0.05) is 47.5 Å². The predicted octanol–water partition coefficient (Wildman–Crippen LogP) is 5.03. The van der Waals surface area contributed by atoms with E-state index in [-0.39, 0.29) is 17.2 Å². The smallest absolute Gasteiger partial charge is 0.205 e. The number of hydrogen-bond acceptors (Lipinski definition) is 5. The van der Waals surface area contributed by atoms with E-state index in [1.807, 2.05) is 25.1 Å². The summed E-state index contributed by atoms with van der Waals surface area (Å²) in [7, 11) is -1.65. The number of aromatic nitrogens is 1. The van der Waals surface area contributed by atoms with E-state index >= 15 is 0 Å². The average Bonchev–Trinajstić information content (AvgIpc) is 2.79. The molecule has 0 bridgehead atoms. The summed E-state index contributed by atoms with van der Waals surface area (Å²) in [5.74, 6) is -0.463. The molecule has 154 valence electrons. The third-order valence-electron chi connectivity index (χ3n) is 4.89. The number of nitrogens with two attached hydrogens (primary N) is 1. The van der Waals surface area contributed by atoms with Crippen LogP contribution < -0.4 is 5.73 Å². The maximum Gasteiger partial charge on any atom is 0.205 e. The molecular weight excluding hydrogens is 430 g/mol. The van der Waals surface area contributed by atoms with Gasteiger partial charge in [0.2, 0.25) is 5.88 Å². The minimum Gasteiger partial charge on any atom is -0.437 e. The van der Waals surface area contributed by atoms with Crippen LogP contribution in [0.3, 0.4) is 0 Å². The second kappa shape index (κ2) is 8.76. The number of rotatable bonds is 4. The Bertz CT molecular complexity index is 1260. The molecule has 0 saturated heterocycles. The summed E-state index contributed by atoms with van der Waals surface area (Å²) in [6, 6.07) is 21.9. The number of ether oxygens (including phenoxy) is 1. The summed E-state index contributed by atoms with van der Waals surface area (Å²) < 4.78 is 19.7. The lowest BCUT2D eigenvalue weighted by Gasteiger charge is -2.28. The predicted molar refractivity (Wildman–Crippen MR) is 121 cm³/mol. The summed E-state index contributed by atoms with van der Waals surface area (Å²) in [6.45, 7) is 1.96. The number of nitrogens with zero attached hydrogens (tertiary/aromatic N) is 2. The third kappa shape index (κ3) is 4.11. The van der Waals surface area contributed by atoms with E-state index in [4.69, 9.17) is 22.1 Å². The van der Waals surface area contributed by atoms with Gasteiger partial charge in [-0.15, -0.1) is 0 Å². The Hall–Kier alpha value is -3.40. The van der Waals surface area contributed by atoms with Crippen molar-refractivity contribution in [3.8, 4) is 6.07 Å². The zero-order valence-electron chi connectivity index (χ0n) is 16.6. The molecule has 0 amide bonds. The van der Waals surface area contributed by atoms with E-state index < -0.39 is 16.7 Å². The molecule has 1 aromatic heterocycles. The summed E-state index contributed by atoms with van der Waals surface area (Å²) in [6.07, 6.45) is 1.62. The number of aryl methyl sites for hydroxylation is 1. The van der Waals surface area contributed by atoms with Crippen LogP contribution in [0.5, 0.6) is 0 Å². The van der Waals surface area contributed by atoms with Crippen LogP contribution in [0, 0.1) is 18.3 Å². The largest absolute Gasteiger partial charge is 0.437 e. The van der Waals surface area contributed by atoms with Crippen molar-refractivity contribution in [2.24, 2.45) is 5.73 Å². The molecular formula is C24H18ClN3O2S. The molecule has 2 atom stereocenters. The molecule has 2 aromatic carbocycles. The molecule has 0 unspecified atom stereocenters. The molecule has 4 rings (SSSR count). The van der Waals surface area contributed by atoms with Crippen LogP contribution in [0.15, 0.2) is 94.2 Å². The van der Waals surface area contributed by atoms with E-state index in [0.29, 0.717) is 26.1 Å². The minimum atomic E-state index is -1.65. The van der Waals surface area contributed by atoms with Gasteiger partial charge in [-0.3, -0.25) is 4.98 Å². The topological polar surface area (TPSA) is 89.0 Å². The van der Waals surface area contributed by atoms with E-state index in [0.717, 1.165) is 5.56 Å². The molecule has 0 aliphatic carbocycles. The number of allylic oxidation sites excluding steroid dienone is 2. The van der Waals surface area contributed by atoms with Crippen molar-refractivity contribution in [2.75, 3.05) is 0 Å². The van der Waals surface area contributed by atoms with Crippen LogP contribution in [0.1, 0.15) is 22.7 Å². The zero-order chi connectivity index (χ0) is 22.0. The number of nitriles is 1. The van der Waals surface area contributed by atoms with Crippen LogP contribution in [0.2, 0.25) is 5.02 Å². The highest BCUT2D eigenvalue weighted by atomic mass is 35.5. The Morgan fingerprint density at radius 2 is 1.90 bits per heavy atom. The maximum absolute atomic E-state index is 13.9. The molecule has 31 heavy (non-hydrogen) atoms. The number of pyridine rings is 1. The Morgan fingerprint density at radius 1 is 1.13 bits per heavy atom. The van der Waals surface area contributed by atoms with Crippen molar-refractivity contribution in [1.29, 1.82) is 5.26 Å². The van der Waals surface area contributed by atoms with Crippen molar-refractivity contribution in [3.63, 3.8) is 0 Å². The van der Waals surface area contributed by atoms with Gasteiger partial charge in [-0.2, -0.15) is 5.26 Å². The first-order chi connectivity index (χ1) is 15.0. The second-order valence-electron chi connectivity index (χ2n) is 6.97. The van der Waals surface area contributed by atoms with Crippen molar-refractivity contribution in [1.82, 2.24) is 4.98 Å². The molecule has 1 aliphatic heterocycles. The van der Waals surface area contributed by atoms with Gasteiger partial charge in [0.1, 0.15) is 17.3 Å². The number of benzene rings is 2. The molecule has 3 aromatic rings. The molecule has 0 fully saturated rings. The highest BCUT2D eigenvalue weighted by Gasteiger charge is 2.37. The van der Waals surface area contributed by atoms with Crippen LogP contribution in [-0.4, -0.2) is 9.19 Å². The van der Waals surface area contributed by atoms with Crippen molar-refractivity contribution in [3.05, 3.63) is 111 Å². The molecule has 0 saturated carbocycles. The number of hydrogen-bond donors (Lipinski definition) is 1. The second-order valence-corrected chi connectivity index (χ2v) is 8.86. The summed E-state index contributed by atoms with van der Waals surface area (Å²) >= 11 is 6.24. The highest BCUT2D eigenvalue weighted by Crippen LogP contribution is 2.45. The average molecular weight is 448 g/mol. The first kappa shape index (κ1) is 20.9. The van der Waals surface area contributed by atoms with Crippen LogP contribution in [0.25, 0.3) is 5.76 Å². The van der Waals surface area contributed by atoms with Gasteiger partial charge in [-0.05, 0) is 48.9 Å². The third-order valence-corrected chi connectivity index (χ3v) is 6.64. The lowest BCUT2D eigenvalue weighted by Crippen LogP contribution is -2.23. The lowest BCUT2D eigenvalue weighted by atomic mass is 9.89. The van der Waals surface area contributed by atoms with Gasteiger partial charge in [0.15, 0.2) is 5.76 Å². The standard InChI is InChI=1S/C24H18ClN3O2S/c1-15-8-10-18(11-9-15)31(29)23-21(16-5-4-6-17(25)13-16)19(14-26)24(27)30-22(23)20-7-2-3-12-28-20/h2-13,21H,27H2,1H3/t21-,31-/m0/s1. The Kier molecular flexibility index (Phi) is 5.90. The van der Waals surface area contributed by atoms with E-state index in [9.17, 15) is 9.47 Å². The van der Waals surface area contributed by atoms with Crippen molar-refractivity contribution in [2.45, 2.75) is 17.7 Å². The SMILES string of the molecule is Cc1ccc([S@](=O)C2=C(c3ccccn3)OC(N)=C(C#N)[C@@H]2c2cccc(Cl)c2)cc1. The first-order valence-corrected chi connectivity index (χ1v) is 11.0.